The van der Waals surface area contributed by atoms with Gasteiger partial charge in [0.1, 0.15) is 5.75 Å². The molecule has 3 aromatic rings. The monoisotopic (exact) mass is 666 g/mol. The number of benzene rings is 3. The molecular formula is C30H27F9N2O3S. The molecule has 0 aromatic heterocycles. The van der Waals surface area contributed by atoms with Crippen molar-refractivity contribution in [1.82, 2.24) is 9.62 Å². The maximum Gasteiger partial charge on any atom is 0.416 e. The van der Waals surface area contributed by atoms with E-state index in [-0.39, 0.29) is 23.1 Å². The molecule has 1 aliphatic rings. The normalized spacial score (nSPS) is 19.7. The second-order valence-electron chi connectivity index (χ2n) is 10.8. The number of methoxy groups -OCH3 is 1. The molecule has 1 unspecified atom stereocenters. The van der Waals surface area contributed by atoms with E-state index < -0.39 is 75.6 Å². The summed E-state index contributed by atoms with van der Waals surface area (Å²) in [5.74, 6) is 0.310. The van der Waals surface area contributed by atoms with E-state index in [1.807, 2.05) is 13.8 Å². The van der Waals surface area contributed by atoms with Crippen molar-refractivity contribution in [2.24, 2.45) is 0 Å². The zero-order valence-corrected chi connectivity index (χ0v) is 24.9. The minimum Gasteiger partial charge on any atom is -0.496 e. The van der Waals surface area contributed by atoms with Gasteiger partial charge in [-0.05, 0) is 77.6 Å². The standard InChI is InChI=1S/C30H27F9N2O3S/c1-15(2)17-5-8-25(44-4)24(12-17)23-7-6-20(28(31,32)33)11-19(23)14-41-16(3)26(40-45(43)27(41)42)18-9-21(29(34,35)36)13-22(10-18)30(37,38)39/h5-13,15-16,26,40H,14H2,1-4H3/t16-,26-,45?/m0/s1. The maximum atomic E-state index is 13.8. The van der Waals surface area contributed by atoms with Crippen molar-refractivity contribution in [1.29, 1.82) is 0 Å². The Morgan fingerprint density at radius 2 is 1.40 bits per heavy atom. The Bertz CT molecular complexity index is 1590. The van der Waals surface area contributed by atoms with E-state index >= 15 is 0 Å². The smallest absolute Gasteiger partial charge is 0.416 e. The molecule has 0 spiro atoms. The molecule has 3 aromatic carbocycles. The van der Waals surface area contributed by atoms with Crippen LogP contribution in [0.1, 0.15) is 66.1 Å². The van der Waals surface area contributed by atoms with Gasteiger partial charge in [-0.1, -0.05) is 26.0 Å². The van der Waals surface area contributed by atoms with Crippen LogP contribution in [0.4, 0.5) is 44.3 Å². The maximum absolute atomic E-state index is 13.8. The lowest BCUT2D eigenvalue weighted by Gasteiger charge is -2.39. The SMILES string of the molecule is COc1ccc(C(C)C)cc1-c1ccc(C(F)(F)F)cc1CN1C(=O)S(=O)N[C@H](c2cc(C(F)(F)F)cc(C(F)(F)F)c2)[C@@H]1C. The van der Waals surface area contributed by atoms with Crippen LogP contribution in [0.3, 0.4) is 0 Å². The number of alkyl halides is 9. The Hall–Kier alpha value is -3.59. The molecule has 244 valence electrons. The van der Waals surface area contributed by atoms with E-state index in [0.29, 0.717) is 23.4 Å². The Labute approximate surface area is 255 Å². The van der Waals surface area contributed by atoms with Crippen LogP contribution in [0.5, 0.6) is 5.75 Å². The van der Waals surface area contributed by atoms with E-state index in [0.717, 1.165) is 22.6 Å². The second-order valence-corrected chi connectivity index (χ2v) is 11.9. The van der Waals surface area contributed by atoms with Crippen LogP contribution in [0, 0.1) is 0 Å². The number of carbonyl (C=O) groups excluding carboxylic acids is 1. The van der Waals surface area contributed by atoms with Crippen LogP contribution < -0.4 is 9.46 Å². The average molecular weight is 667 g/mol. The molecule has 0 saturated carbocycles. The number of carbonyl (C=O) groups is 1. The summed E-state index contributed by atoms with van der Waals surface area (Å²) in [7, 11) is -1.30. The summed E-state index contributed by atoms with van der Waals surface area (Å²) in [6.45, 7) is 4.47. The van der Waals surface area contributed by atoms with Crippen LogP contribution in [0.2, 0.25) is 0 Å². The molecule has 1 fully saturated rings. The highest BCUT2D eigenvalue weighted by Crippen LogP contribution is 2.42. The Kier molecular flexibility index (Phi) is 9.38. The summed E-state index contributed by atoms with van der Waals surface area (Å²) in [6.07, 6.45) is -15.1. The van der Waals surface area contributed by atoms with Gasteiger partial charge in [0.15, 0.2) is 11.0 Å². The molecule has 1 saturated heterocycles. The van der Waals surface area contributed by atoms with E-state index in [9.17, 15) is 48.5 Å². The van der Waals surface area contributed by atoms with Gasteiger partial charge in [0.2, 0.25) is 0 Å². The van der Waals surface area contributed by atoms with Gasteiger partial charge in [-0.3, -0.25) is 4.79 Å². The highest BCUT2D eigenvalue weighted by molar-refractivity contribution is 7.98. The second kappa shape index (κ2) is 12.3. The molecule has 4 rings (SSSR count). The fourth-order valence-corrected chi connectivity index (χ4v) is 6.18. The first kappa shape index (κ1) is 34.3. The average Bonchev–Trinajstić information content (AvgIpc) is 2.95. The van der Waals surface area contributed by atoms with Crippen molar-refractivity contribution in [3.8, 4) is 16.9 Å². The first-order valence-electron chi connectivity index (χ1n) is 13.4. The summed E-state index contributed by atoms with van der Waals surface area (Å²) in [5.41, 5.74) is -3.52. The van der Waals surface area contributed by atoms with Crippen molar-refractivity contribution in [3.63, 3.8) is 0 Å². The molecule has 3 atom stereocenters. The van der Waals surface area contributed by atoms with Gasteiger partial charge in [-0.2, -0.15) is 39.5 Å². The van der Waals surface area contributed by atoms with Crippen molar-refractivity contribution in [3.05, 3.63) is 88.0 Å². The van der Waals surface area contributed by atoms with E-state index in [1.165, 1.54) is 20.1 Å². The van der Waals surface area contributed by atoms with E-state index in [1.54, 1.807) is 18.2 Å². The fourth-order valence-electron chi connectivity index (χ4n) is 5.07. The van der Waals surface area contributed by atoms with E-state index in [4.69, 9.17) is 4.74 Å². The van der Waals surface area contributed by atoms with Gasteiger partial charge in [0.25, 0.3) is 0 Å². The third-order valence-corrected chi connectivity index (χ3v) is 8.54. The Balaban J connectivity index is 1.86. The molecule has 15 heteroatoms. The summed E-state index contributed by atoms with van der Waals surface area (Å²) in [4.78, 5) is 14.0. The first-order valence-corrected chi connectivity index (χ1v) is 14.5. The summed E-state index contributed by atoms with van der Waals surface area (Å²) in [6, 6.07) is 6.00. The predicted octanol–water partition coefficient (Wildman–Crippen LogP) is 8.86. The number of nitrogens with one attached hydrogen (secondary N) is 1. The number of rotatable bonds is 6. The number of hydrogen-bond acceptors (Lipinski definition) is 3. The van der Waals surface area contributed by atoms with Gasteiger partial charge >= 0.3 is 23.8 Å². The highest BCUT2D eigenvalue weighted by Gasteiger charge is 2.42. The van der Waals surface area contributed by atoms with Gasteiger partial charge in [-0.25, -0.2) is 8.93 Å². The largest absolute Gasteiger partial charge is 0.496 e. The third kappa shape index (κ3) is 7.29. The zero-order valence-electron chi connectivity index (χ0n) is 24.1. The van der Waals surface area contributed by atoms with Crippen molar-refractivity contribution < 1.29 is 53.3 Å². The molecule has 1 heterocycles. The predicted molar refractivity (Wildman–Crippen MR) is 148 cm³/mol. The Morgan fingerprint density at radius 3 is 1.91 bits per heavy atom. The van der Waals surface area contributed by atoms with Gasteiger partial charge in [-0.15, -0.1) is 0 Å². The topological polar surface area (TPSA) is 58.6 Å². The summed E-state index contributed by atoms with van der Waals surface area (Å²) in [5, 5.41) is -1.12. The van der Waals surface area contributed by atoms with Crippen molar-refractivity contribution >= 4 is 16.2 Å². The van der Waals surface area contributed by atoms with Crippen molar-refractivity contribution in [2.75, 3.05) is 7.11 Å². The number of amides is 1. The van der Waals surface area contributed by atoms with Gasteiger partial charge < -0.3 is 9.64 Å². The Morgan fingerprint density at radius 1 is 0.822 bits per heavy atom. The number of hydrogen-bond donors (Lipinski definition) is 1. The van der Waals surface area contributed by atoms with Crippen LogP contribution in [0.25, 0.3) is 11.1 Å². The quantitative estimate of drug-likeness (QED) is 0.268. The minimum atomic E-state index is -5.17. The molecule has 0 aliphatic carbocycles. The van der Waals surface area contributed by atoms with Crippen molar-refractivity contribution in [2.45, 2.75) is 63.8 Å². The number of ether oxygens (including phenoxy) is 1. The van der Waals surface area contributed by atoms with Gasteiger partial charge in [0, 0.05) is 12.1 Å². The summed E-state index contributed by atoms with van der Waals surface area (Å²) >= 11 is 0. The lowest BCUT2D eigenvalue weighted by molar-refractivity contribution is -0.143. The molecule has 5 nitrogen and oxygen atoms in total. The van der Waals surface area contributed by atoms with Crippen LogP contribution in [-0.4, -0.2) is 27.5 Å². The summed E-state index contributed by atoms with van der Waals surface area (Å²) < 4.78 is 143. The van der Waals surface area contributed by atoms with Crippen LogP contribution >= 0.6 is 0 Å². The van der Waals surface area contributed by atoms with Crippen LogP contribution in [0.15, 0.2) is 54.6 Å². The van der Waals surface area contributed by atoms with Gasteiger partial charge in [0.05, 0.1) is 35.9 Å². The highest BCUT2D eigenvalue weighted by atomic mass is 32.2. The fraction of sp³-hybridized carbons (Fsp3) is 0.367. The van der Waals surface area contributed by atoms with E-state index in [2.05, 4.69) is 4.72 Å². The third-order valence-electron chi connectivity index (χ3n) is 7.52. The molecule has 1 N–H and O–H groups in total. The number of nitrogens with zero attached hydrogens (tertiary/aromatic N) is 1. The first-order chi connectivity index (χ1) is 20.7. The lowest BCUT2D eigenvalue weighted by Crippen LogP contribution is -2.54. The molecule has 0 bridgehead atoms. The molecule has 0 radical (unpaired) electrons. The lowest BCUT2D eigenvalue weighted by atomic mass is 9.91. The molecule has 1 aliphatic heterocycles. The molecular weight excluding hydrogens is 639 g/mol. The minimum absolute atomic E-state index is 0.0135. The number of halogens is 9. The molecule has 1 amide bonds. The molecule has 45 heavy (non-hydrogen) atoms. The van der Waals surface area contributed by atoms with Crippen LogP contribution in [-0.2, 0) is 36.1 Å². The zero-order chi connectivity index (χ0) is 33.6.